The first-order valence-corrected chi connectivity index (χ1v) is 12.2. The number of nitrogens with zero attached hydrogens (tertiary/aromatic N) is 1. The van der Waals surface area contributed by atoms with Crippen LogP contribution in [-0.4, -0.2) is 10.1 Å². The zero-order valence-electron chi connectivity index (χ0n) is 19.5. The largest absolute Gasteiger partial charge is 0.508 e. The topological polar surface area (TPSA) is 46.3 Å². The quantitative estimate of drug-likeness (QED) is 0.382. The molecular formula is C29H36NO2. The number of phenolic OH excluding ortho intramolecular Hbond substituents is 1. The number of benzene rings is 2. The van der Waals surface area contributed by atoms with E-state index in [4.69, 9.17) is 9.40 Å². The summed E-state index contributed by atoms with van der Waals surface area (Å²) >= 11 is 0. The van der Waals surface area contributed by atoms with Crippen LogP contribution < -0.4 is 0 Å². The Kier molecular flexibility index (Phi) is 7.68. The first-order valence-electron chi connectivity index (χ1n) is 12.2. The van der Waals surface area contributed by atoms with Crippen LogP contribution in [0.25, 0.3) is 0 Å². The van der Waals surface area contributed by atoms with Crippen molar-refractivity contribution < 1.29 is 9.52 Å². The van der Waals surface area contributed by atoms with E-state index in [0.717, 1.165) is 49.3 Å². The van der Waals surface area contributed by atoms with E-state index in [9.17, 15) is 5.11 Å². The highest BCUT2D eigenvalue weighted by atomic mass is 16.4. The molecule has 1 aliphatic rings. The lowest BCUT2D eigenvalue weighted by Gasteiger charge is -2.29. The molecule has 1 radical (unpaired) electrons. The second-order valence-electron chi connectivity index (χ2n) is 9.60. The maximum atomic E-state index is 10.6. The Morgan fingerprint density at radius 1 is 1.00 bits per heavy atom. The third-order valence-electron chi connectivity index (χ3n) is 7.12. The predicted molar refractivity (Wildman–Crippen MR) is 130 cm³/mol. The Hall–Kier alpha value is -2.55. The summed E-state index contributed by atoms with van der Waals surface area (Å²) in [6, 6.07) is 18.4. The molecule has 0 bridgehead atoms. The van der Waals surface area contributed by atoms with Gasteiger partial charge in [-0.05, 0) is 55.1 Å². The number of hydrogen-bond donors (Lipinski definition) is 1. The lowest BCUT2D eigenvalue weighted by Crippen LogP contribution is -2.18. The van der Waals surface area contributed by atoms with Crippen LogP contribution in [0.4, 0.5) is 0 Å². The molecule has 2 aromatic carbocycles. The fraction of sp³-hybridized carbons (Fsp3) is 0.448. The Morgan fingerprint density at radius 2 is 1.72 bits per heavy atom. The average Bonchev–Trinajstić information content (AvgIpc) is 3.27. The fourth-order valence-corrected chi connectivity index (χ4v) is 5.19. The molecule has 0 aliphatic heterocycles. The third kappa shape index (κ3) is 5.62. The van der Waals surface area contributed by atoms with Crippen molar-refractivity contribution in [2.24, 2.45) is 11.8 Å². The van der Waals surface area contributed by atoms with Gasteiger partial charge < -0.3 is 9.52 Å². The van der Waals surface area contributed by atoms with Crippen molar-refractivity contribution in [1.82, 2.24) is 4.98 Å². The average molecular weight is 431 g/mol. The summed E-state index contributed by atoms with van der Waals surface area (Å²) in [4.78, 5) is 4.75. The number of para-hydroxylation sites is 1. The standard InChI is InChI=1S/C29H36NO2/c1-21(2)24(18-17-22-11-5-3-6-12-22)19-25-20-30-29(32-25)28(23-13-7-4-8-14-23)26-15-9-10-16-27(26)31/h3,5-6,9-12,15-16,20,23-24,28,31H,4,7-8,13-14,17-19H2,1-2H3/t24?,28-/m1/s1. The molecule has 1 N–H and O–H groups in total. The molecule has 169 valence electrons. The van der Waals surface area contributed by atoms with Crippen LogP contribution in [0.15, 0.2) is 65.2 Å². The molecule has 2 atom stereocenters. The first-order chi connectivity index (χ1) is 15.6. The molecule has 1 fully saturated rings. The second kappa shape index (κ2) is 10.8. The van der Waals surface area contributed by atoms with Gasteiger partial charge in [0.25, 0.3) is 0 Å². The summed E-state index contributed by atoms with van der Waals surface area (Å²) < 4.78 is 6.41. The van der Waals surface area contributed by atoms with Crippen molar-refractivity contribution in [3.63, 3.8) is 0 Å². The molecule has 0 saturated heterocycles. The van der Waals surface area contributed by atoms with E-state index in [1.165, 1.54) is 30.7 Å². The van der Waals surface area contributed by atoms with E-state index in [1.807, 2.05) is 24.4 Å². The summed E-state index contributed by atoms with van der Waals surface area (Å²) in [6.07, 6.45) is 11.1. The van der Waals surface area contributed by atoms with Crippen LogP contribution in [0.3, 0.4) is 0 Å². The van der Waals surface area contributed by atoms with Crippen LogP contribution in [0.5, 0.6) is 5.75 Å². The summed E-state index contributed by atoms with van der Waals surface area (Å²) in [7, 11) is 0. The number of rotatable bonds is 9. The number of phenols is 1. The van der Waals surface area contributed by atoms with Crippen molar-refractivity contribution in [2.45, 2.75) is 71.1 Å². The lowest BCUT2D eigenvalue weighted by atomic mass is 9.76. The third-order valence-corrected chi connectivity index (χ3v) is 7.12. The molecule has 0 spiro atoms. The highest BCUT2D eigenvalue weighted by Gasteiger charge is 2.32. The van der Waals surface area contributed by atoms with Gasteiger partial charge in [-0.3, -0.25) is 0 Å². The molecular weight excluding hydrogens is 394 g/mol. The molecule has 3 nitrogen and oxygen atoms in total. The SMILES string of the molecule is C[C](C)C(CCc1ccccc1)Cc1cnc([C@@H](c2ccccc2O)C2CCCCC2)o1. The maximum absolute atomic E-state index is 10.6. The minimum atomic E-state index is 0.0275. The maximum Gasteiger partial charge on any atom is 0.202 e. The Balaban J connectivity index is 1.52. The van der Waals surface area contributed by atoms with Gasteiger partial charge in [-0.15, -0.1) is 0 Å². The molecule has 1 unspecified atom stereocenters. The molecule has 1 saturated carbocycles. The minimum Gasteiger partial charge on any atom is -0.508 e. The van der Waals surface area contributed by atoms with E-state index in [2.05, 4.69) is 44.2 Å². The lowest BCUT2D eigenvalue weighted by molar-refractivity contribution is 0.284. The zero-order valence-corrected chi connectivity index (χ0v) is 19.5. The molecule has 1 aromatic heterocycles. The van der Waals surface area contributed by atoms with Crippen molar-refractivity contribution in [3.8, 4) is 5.75 Å². The van der Waals surface area contributed by atoms with Gasteiger partial charge in [0.15, 0.2) is 0 Å². The van der Waals surface area contributed by atoms with E-state index in [0.29, 0.717) is 17.6 Å². The van der Waals surface area contributed by atoms with Crippen LogP contribution in [0.2, 0.25) is 0 Å². The van der Waals surface area contributed by atoms with E-state index in [-0.39, 0.29) is 5.92 Å². The fourth-order valence-electron chi connectivity index (χ4n) is 5.19. The number of aryl methyl sites for hydroxylation is 1. The van der Waals surface area contributed by atoms with Gasteiger partial charge in [-0.1, -0.05) is 81.6 Å². The number of oxazole rings is 1. The normalized spacial score (nSPS) is 16.8. The molecule has 4 rings (SSSR count). The van der Waals surface area contributed by atoms with Gasteiger partial charge in [-0.2, -0.15) is 0 Å². The number of hydrogen-bond acceptors (Lipinski definition) is 3. The first kappa shape index (κ1) is 22.6. The highest BCUT2D eigenvalue weighted by Crippen LogP contribution is 2.43. The molecule has 3 heteroatoms. The molecule has 1 heterocycles. The van der Waals surface area contributed by atoms with Gasteiger partial charge in [-0.25, -0.2) is 4.98 Å². The molecule has 3 aromatic rings. The van der Waals surface area contributed by atoms with Crippen molar-refractivity contribution in [2.75, 3.05) is 0 Å². The number of aromatic hydroxyl groups is 1. The van der Waals surface area contributed by atoms with Gasteiger partial charge in [0.1, 0.15) is 11.5 Å². The summed E-state index contributed by atoms with van der Waals surface area (Å²) in [6.45, 7) is 4.44. The van der Waals surface area contributed by atoms with Crippen LogP contribution in [-0.2, 0) is 12.8 Å². The van der Waals surface area contributed by atoms with Gasteiger partial charge in [0, 0.05) is 12.0 Å². The van der Waals surface area contributed by atoms with Gasteiger partial charge in [0.05, 0.1) is 12.1 Å². The van der Waals surface area contributed by atoms with Gasteiger partial charge >= 0.3 is 0 Å². The minimum absolute atomic E-state index is 0.0275. The monoisotopic (exact) mass is 430 g/mol. The van der Waals surface area contributed by atoms with Crippen molar-refractivity contribution in [3.05, 3.63) is 89.5 Å². The molecule has 0 amide bonds. The summed E-state index contributed by atoms with van der Waals surface area (Å²) in [5.74, 6) is 4.47. The smallest absolute Gasteiger partial charge is 0.202 e. The summed E-state index contributed by atoms with van der Waals surface area (Å²) in [5, 5.41) is 10.6. The van der Waals surface area contributed by atoms with Crippen molar-refractivity contribution in [1.29, 1.82) is 0 Å². The predicted octanol–water partition coefficient (Wildman–Crippen LogP) is 7.50. The second-order valence-corrected chi connectivity index (χ2v) is 9.60. The van der Waals surface area contributed by atoms with Crippen LogP contribution >= 0.6 is 0 Å². The number of aromatic nitrogens is 1. The Morgan fingerprint density at radius 3 is 2.44 bits per heavy atom. The van der Waals surface area contributed by atoms with E-state index >= 15 is 0 Å². The van der Waals surface area contributed by atoms with Gasteiger partial charge in [0.2, 0.25) is 5.89 Å². The van der Waals surface area contributed by atoms with Crippen molar-refractivity contribution >= 4 is 0 Å². The molecule has 32 heavy (non-hydrogen) atoms. The Labute approximate surface area is 192 Å². The summed E-state index contributed by atoms with van der Waals surface area (Å²) in [5.41, 5.74) is 2.33. The zero-order chi connectivity index (χ0) is 22.3. The van der Waals surface area contributed by atoms with Crippen LogP contribution in [0.1, 0.15) is 81.1 Å². The van der Waals surface area contributed by atoms with Crippen LogP contribution in [0, 0.1) is 17.8 Å². The highest BCUT2D eigenvalue weighted by molar-refractivity contribution is 5.38. The Bertz CT molecular complexity index is 956. The molecule has 1 aliphatic carbocycles. The van der Waals surface area contributed by atoms with E-state index in [1.54, 1.807) is 6.07 Å². The van der Waals surface area contributed by atoms with E-state index < -0.39 is 0 Å².